The van der Waals surface area contributed by atoms with E-state index in [4.69, 9.17) is 0 Å². The smallest absolute Gasteiger partial charge is 0.0233 e. The topological polar surface area (TPSA) is 3.24 Å². The molecule has 0 spiro atoms. The molecule has 0 aliphatic rings. The van der Waals surface area contributed by atoms with Gasteiger partial charge in [0.15, 0.2) is 0 Å². The van der Waals surface area contributed by atoms with Gasteiger partial charge in [-0.2, -0.15) is 0 Å². The normalized spacial score (nSPS) is 10.9. The molecule has 0 aliphatic heterocycles. The number of unbranched alkanes of at least 4 members (excludes halogenated alkanes) is 2. The molecule has 0 heterocycles. The Morgan fingerprint density at radius 3 is 2.26 bits per heavy atom. The predicted octanol–water partition coefficient (Wildman–Crippen LogP) is 5.12. The van der Waals surface area contributed by atoms with E-state index >= 15 is 0 Å². The van der Waals surface area contributed by atoms with E-state index in [-0.39, 0.29) is 0 Å². The van der Waals surface area contributed by atoms with Crippen LogP contribution in [0, 0.1) is 0 Å². The zero-order valence-corrected chi connectivity index (χ0v) is 12.9. The lowest BCUT2D eigenvalue weighted by Crippen LogP contribution is -2.25. The van der Waals surface area contributed by atoms with Crippen molar-refractivity contribution in [1.29, 1.82) is 0 Å². The molecule has 0 bridgehead atoms. The van der Waals surface area contributed by atoms with Crippen LogP contribution < -0.4 is 0 Å². The Bertz CT molecular complexity index is 373. The summed E-state index contributed by atoms with van der Waals surface area (Å²) < 4.78 is 0. The molecule has 0 N–H and O–H groups in total. The maximum atomic E-state index is 4.03. The lowest BCUT2D eigenvalue weighted by molar-refractivity contribution is 0.257. The fourth-order valence-electron chi connectivity index (χ4n) is 2.23. The molecule has 1 rings (SSSR count). The number of rotatable bonds is 9. The van der Waals surface area contributed by atoms with Gasteiger partial charge in [-0.05, 0) is 44.0 Å². The molecule has 0 aliphatic carbocycles. The minimum Gasteiger partial charge on any atom is -0.299 e. The number of allylic oxidation sites excluding steroid dienone is 1. The summed E-state index contributed by atoms with van der Waals surface area (Å²) in [5.74, 6) is 0. The van der Waals surface area contributed by atoms with Crippen LogP contribution >= 0.6 is 0 Å². The van der Waals surface area contributed by atoms with Crippen molar-refractivity contribution in [3.05, 3.63) is 42.0 Å². The van der Waals surface area contributed by atoms with Gasteiger partial charge < -0.3 is 0 Å². The Morgan fingerprint density at radius 1 is 1.11 bits per heavy atom. The fraction of sp³-hybridized carbons (Fsp3) is 0.556. The zero-order valence-electron chi connectivity index (χ0n) is 12.9. The quantitative estimate of drug-likeness (QED) is 0.595. The zero-order chi connectivity index (χ0) is 14.1. The molecular weight excluding hydrogens is 230 g/mol. The average Bonchev–Trinajstić information content (AvgIpc) is 2.42. The van der Waals surface area contributed by atoms with Gasteiger partial charge in [0.2, 0.25) is 0 Å². The van der Waals surface area contributed by atoms with Crippen LogP contribution in [0.3, 0.4) is 0 Å². The SMILES string of the molecule is C=C(C)c1cccc(CN(CCCC)CCCC)c1. The molecule has 106 valence electrons. The molecule has 0 saturated carbocycles. The average molecular weight is 259 g/mol. The van der Waals surface area contributed by atoms with Crippen LogP contribution in [0.2, 0.25) is 0 Å². The van der Waals surface area contributed by atoms with Gasteiger partial charge in [0.25, 0.3) is 0 Å². The van der Waals surface area contributed by atoms with Gasteiger partial charge in [-0.1, -0.05) is 63.1 Å². The maximum absolute atomic E-state index is 4.03. The second kappa shape index (κ2) is 8.92. The molecule has 19 heavy (non-hydrogen) atoms. The minimum absolute atomic E-state index is 1.07. The van der Waals surface area contributed by atoms with Crippen molar-refractivity contribution >= 4 is 5.57 Å². The van der Waals surface area contributed by atoms with Crippen molar-refractivity contribution in [3.63, 3.8) is 0 Å². The Labute approximate surface area is 119 Å². The van der Waals surface area contributed by atoms with Crippen LogP contribution in [-0.2, 0) is 6.54 Å². The number of benzene rings is 1. The van der Waals surface area contributed by atoms with Crippen molar-refractivity contribution in [2.45, 2.75) is 53.0 Å². The van der Waals surface area contributed by atoms with Crippen molar-refractivity contribution in [2.75, 3.05) is 13.1 Å². The highest BCUT2D eigenvalue weighted by Crippen LogP contribution is 2.15. The van der Waals surface area contributed by atoms with Crippen LogP contribution in [0.4, 0.5) is 0 Å². The first-order chi connectivity index (χ1) is 9.17. The highest BCUT2D eigenvalue weighted by Gasteiger charge is 2.05. The van der Waals surface area contributed by atoms with E-state index in [1.807, 2.05) is 0 Å². The van der Waals surface area contributed by atoms with Crippen LogP contribution in [0.25, 0.3) is 5.57 Å². The van der Waals surface area contributed by atoms with E-state index < -0.39 is 0 Å². The molecule has 0 saturated heterocycles. The third kappa shape index (κ3) is 6.07. The van der Waals surface area contributed by atoms with Crippen LogP contribution in [-0.4, -0.2) is 18.0 Å². The van der Waals surface area contributed by atoms with E-state index in [0.29, 0.717) is 0 Å². The van der Waals surface area contributed by atoms with Crippen molar-refractivity contribution < 1.29 is 0 Å². The van der Waals surface area contributed by atoms with Gasteiger partial charge in [-0.15, -0.1) is 0 Å². The van der Waals surface area contributed by atoms with Crippen LogP contribution in [0.1, 0.15) is 57.6 Å². The van der Waals surface area contributed by atoms with Crippen LogP contribution in [0.5, 0.6) is 0 Å². The molecule has 1 aromatic carbocycles. The Kier molecular flexibility index (Phi) is 7.50. The highest BCUT2D eigenvalue weighted by atomic mass is 15.1. The van der Waals surface area contributed by atoms with E-state index in [0.717, 1.165) is 12.1 Å². The second-order valence-corrected chi connectivity index (χ2v) is 5.46. The Hall–Kier alpha value is -1.08. The molecule has 1 heteroatoms. The van der Waals surface area contributed by atoms with Gasteiger partial charge in [0, 0.05) is 6.54 Å². The molecule has 0 unspecified atom stereocenters. The molecule has 1 aromatic rings. The summed E-state index contributed by atoms with van der Waals surface area (Å²) in [6.07, 6.45) is 5.14. The number of nitrogens with zero attached hydrogens (tertiary/aromatic N) is 1. The first-order valence-electron chi connectivity index (χ1n) is 7.64. The largest absolute Gasteiger partial charge is 0.299 e. The third-order valence-electron chi connectivity index (χ3n) is 3.48. The van der Waals surface area contributed by atoms with Gasteiger partial charge in [-0.25, -0.2) is 0 Å². The van der Waals surface area contributed by atoms with E-state index in [1.54, 1.807) is 0 Å². The van der Waals surface area contributed by atoms with Crippen molar-refractivity contribution in [1.82, 2.24) is 4.90 Å². The van der Waals surface area contributed by atoms with Gasteiger partial charge >= 0.3 is 0 Å². The fourth-order valence-corrected chi connectivity index (χ4v) is 2.23. The Balaban J connectivity index is 2.65. The van der Waals surface area contributed by atoms with Crippen molar-refractivity contribution in [2.24, 2.45) is 0 Å². The second-order valence-electron chi connectivity index (χ2n) is 5.46. The summed E-state index contributed by atoms with van der Waals surface area (Å²) in [6.45, 7) is 14.1. The van der Waals surface area contributed by atoms with Gasteiger partial charge in [0.05, 0.1) is 0 Å². The summed E-state index contributed by atoms with van der Waals surface area (Å²) in [7, 11) is 0. The molecule has 0 radical (unpaired) electrons. The minimum atomic E-state index is 1.07. The van der Waals surface area contributed by atoms with Gasteiger partial charge in [-0.3, -0.25) is 4.90 Å². The standard InChI is InChI=1S/C18H29N/c1-5-7-12-19(13-8-6-2)15-17-10-9-11-18(14-17)16(3)4/h9-11,14H,3,5-8,12-13,15H2,1-2,4H3. The van der Waals surface area contributed by atoms with Crippen LogP contribution in [0.15, 0.2) is 30.8 Å². The van der Waals surface area contributed by atoms with Crippen molar-refractivity contribution in [3.8, 4) is 0 Å². The van der Waals surface area contributed by atoms with E-state index in [2.05, 4.69) is 56.5 Å². The monoisotopic (exact) mass is 259 g/mol. The lowest BCUT2D eigenvalue weighted by Gasteiger charge is -2.22. The summed E-state index contributed by atoms with van der Waals surface area (Å²) >= 11 is 0. The maximum Gasteiger partial charge on any atom is 0.0233 e. The lowest BCUT2D eigenvalue weighted by atomic mass is 10.1. The summed E-state index contributed by atoms with van der Waals surface area (Å²) in [5.41, 5.74) is 3.83. The van der Waals surface area contributed by atoms with E-state index in [9.17, 15) is 0 Å². The molecule has 0 atom stereocenters. The van der Waals surface area contributed by atoms with E-state index in [1.165, 1.54) is 49.9 Å². The third-order valence-corrected chi connectivity index (χ3v) is 3.48. The van der Waals surface area contributed by atoms with Gasteiger partial charge in [0.1, 0.15) is 0 Å². The number of hydrogen-bond donors (Lipinski definition) is 0. The molecule has 0 amide bonds. The number of hydrogen-bond acceptors (Lipinski definition) is 1. The highest BCUT2D eigenvalue weighted by molar-refractivity contribution is 5.61. The summed E-state index contributed by atoms with van der Waals surface area (Å²) in [5, 5.41) is 0. The molecule has 1 nitrogen and oxygen atoms in total. The predicted molar refractivity (Wildman–Crippen MR) is 86.2 cm³/mol. The summed E-state index contributed by atoms with van der Waals surface area (Å²) in [4.78, 5) is 2.59. The summed E-state index contributed by atoms with van der Waals surface area (Å²) in [6, 6.07) is 8.82. The molecule has 0 fully saturated rings. The molecular formula is C18H29N. The first kappa shape index (κ1) is 16.0. The Morgan fingerprint density at radius 2 is 1.74 bits per heavy atom. The molecule has 0 aromatic heterocycles. The first-order valence-corrected chi connectivity index (χ1v) is 7.64.